The summed E-state index contributed by atoms with van der Waals surface area (Å²) in [5.41, 5.74) is 2.74. The summed E-state index contributed by atoms with van der Waals surface area (Å²) in [6, 6.07) is 26.6. The molecule has 0 N–H and O–H groups in total. The zero-order chi connectivity index (χ0) is 15.1. The van der Waals surface area contributed by atoms with Gasteiger partial charge in [0.05, 0.1) is 0 Å². The first-order chi connectivity index (χ1) is 10.8. The summed E-state index contributed by atoms with van der Waals surface area (Å²) in [5.74, 6) is 0. The Kier molecular flexibility index (Phi) is 3.86. The zero-order valence-corrected chi connectivity index (χ0v) is 16.4. The molecular formula is C19H15I2N. The average Bonchev–Trinajstić information content (AvgIpc) is 2.89. The van der Waals surface area contributed by atoms with Gasteiger partial charge in [-0.25, -0.2) is 0 Å². The van der Waals surface area contributed by atoms with E-state index in [1.807, 2.05) is 0 Å². The molecule has 0 saturated heterocycles. The monoisotopic (exact) mass is 511 g/mol. The molecule has 0 amide bonds. The van der Waals surface area contributed by atoms with Crippen LogP contribution in [0.2, 0.25) is 0 Å². The van der Waals surface area contributed by atoms with E-state index in [1.165, 1.54) is 28.9 Å². The second-order valence-electron chi connectivity index (χ2n) is 5.20. The van der Waals surface area contributed by atoms with E-state index in [0.29, 0.717) is 0 Å². The van der Waals surface area contributed by atoms with Crippen LogP contribution in [0.1, 0.15) is 0 Å². The van der Waals surface area contributed by atoms with E-state index in [4.69, 9.17) is 0 Å². The van der Waals surface area contributed by atoms with Gasteiger partial charge in [0, 0.05) is 0 Å². The molecule has 0 aliphatic heterocycles. The van der Waals surface area contributed by atoms with Gasteiger partial charge in [-0.1, -0.05) is 0 Å². The number of para-hydroxylation sites is 2. The number of benzene rings is 3. The third-order valence-electron chi connectivity index (χ3n) is 3.88. The van der Waals surface area contributed by atoms with Gasteiger partial charge in [0.1, 0.15) is 0 Å². The van der Waals surface area contributed by atoms with Crippen molar-refractivity contribution < 1.29 is 0 Å². The maximum absolute atomic E-state index is 2.61. The fourth-order valence-corrected chi connectivity index (χ4v) is 8.49. The summed E-state index contributed by atoms with van der Waals surface area (Å²) in [4.78, 5) is 2.44. The number of alkyl halides is 1. The van der Waals surface area contributed by atoms with Gasteiger partial charge in [-0.3, -0.25) is 0 Å². The van der Waals surface area contributed by atoms with E-state index in [9.17, 15) is 0 Å². The number of hydrogen-bond donors (Lipinski definition) is 0. The van der Waals surface area contributed by atoms with Crippen LogP contribution in [0.15, 0.2) is 72.8 Å². The standard InChI is InChI=1S/C19H15I2N/c1-21(15-8-6-7-14(20)13-15)22-18-11-4-2-9-16(18)17-10-3-5-12-19(17)22/h2-13H,1H3. The fraction of sp³-hybridized carbons (Fsp3) is 0.0526. The SMILES string of the molecule is CI(c1cccc(I)c1)n1c2ccccc2c2ccccc21. The molecule has 0 spiro atoms. The first-order valence-corrected chi connectivity index (χ1v) is 12.4. The van der Waals surface area contributed by atoms with Gasteiger partial charge in [-0.15, -0.1) is 0 Å². The maximum atomic E-state index is 2.61. The Bertz CT molecular complexity index is 918. The molecule has 1 heterocycles. The van der Waals surface area contributed by atoms with E-state index < -0.39 is 20.1 Å². The average molecular weight is 511 g/mol. The molecule has 4 rings (SSSR count). The van der Waals surface area contributed by atoms with Gasteiger partial charge >= 0.3 is 152 Å². The van der Waals surface area contributed by atoms with Crippen molar-refractivity contribution in [3.8, 4) is 0 Å². The molecular weight excluding hydrogens is 496 g/mol. The molecule has 0 aliphatic carbocycles. The van der Waals surface area contributed by atoms with E-state index in [1.54, 1.807) is 0 Å². The normalized spacial score (nSPS) is 12.0. The van der Waals surface area contributed by atoms with Crippen molar-refractivity contribution in [2.45, 2.75) is 0 Å². The quantitative estimate of drug-likeness (QED) is 0.224. The first-order valence-electron chi connectivity index (χ1n) is 7.10. The third kappa shape index (κ3) is 2.34. The zero-order valence-electron chi connectivity index (χ0n) is 12.1. The van der Waals surface area contributed by atoms with Crippen LogP contribution in [0.3, 0.4) is 0 Å². The minimum atomic E-state index is -1.49. The molecule has 0 aliphatic rings. The topological polar surface area (TPSA) is 4.93 Å². The van der Waals surface area contributed by atoms with Gasteiger partial charge < -0.3 is 0 Å². The second-order valence-corrected chi connectivity index (χ2v) is 11.2. The summed E-state index contributed by atoms with van der Waals surface area (Å²) < 4.78 is 5.43. The molecule has 3 heteroatoms. The van der Waals surface area contributed by atoms with Crippen LogP contribution in [-0.4, -0.2) is 7.71 Å². The third-order valence-corrected chi connectivity index (χ3v) is 9.51. The summed E-state index contributed by atoms with van der Waals surface area (Å²) >= 11 is 0.918. The number of nitrogens with zero attached hydrogens (tertiary/aromatic N) is 1. The second kappa shape index (κ2) is 5.85. The van der Waals surface area contributed by atoms with Crippen molar-refractivity contribution in [2.75, 3.05) is 4.93 Å². The predicted octanol–water partition coefficient (Wildman–Crippen LogP) is 6.17. The summed E-state index contributed by atoms with van der Waals surface area (Å²) in [5, 5.41) is 2.74. The van der Waals surface area contributed by atoms with Crippen molar-refractivity contribution in [2.24, 2.45) is 0 Å². The number of aromatic nitrogens is 1. The number of hydrogen-bond acceptors (Lipinski definition) is 0. The van der Waals surface area contributed by atoms with E-state index in [2.05, 4.69) is 103 Å². The Balaban J connectivity index is 2.04. The van der Waals surface area contributed by atoms with Crippen LogP contribution >= 0.6 is 42.7 Å². The molecule has 0 radical (unpaired) electrons. The number of fused-ring (bicyclic) bond motifs is 3. The van der Waals surface area contributed by atoms with Crippen LogP contribution in [0.5, 0.6) is 0 Å². The fourth-order valence-electron chi connectivity index (χ4n) is 2.88. The van der Waals surface area contributed by atoms with Gasteiger partial charge in [0.15, 0.2) is 0 Å². The van der Waals surface area contributed by atoms with Crippen LogP contribution in [0.25, 0.3) is 21.8 Å². The molecule has 0 unspecified atom stereocenters. The Morgan fingerprint density at radius 3 is 1.95 bits per heavy atom. The Morgan fingerprint density at radius 2 is 1.36 bits per heavy atom. The van der Waals surface area contributed by atoms with Crippen LogP contribution < -0.4 is 0 Å². The van der Waals surface area contributed by atoms with Gasteiger partial charge in [0.2, 0.25) is 0 Å². The summed E-state index contributed by atoms with van der Waals surface area (Å²) in [6.07, 6.45) is 0. The van der Waals surface area contributed by atoms with Crippen LogP contribution in [0, 0.1) is 7.14 Å². The molecule has 22 heavy (non-hydrogen) atoms. The molecule has 110 valence electrons. The Labute approximate surface area is 151 Å². The van der Waals surface area contributed by atoms with Gasteiger partial charge in [-0.2, -0.15) is 0 Å². The Morgan fingerprint density at radius 1 is 0.773 bits per heavy atom. The van der Waals surface area contributed by atoms with Crippen LogP contribution in [-0.2, 0) is 0 Å². The molecule has 1 aromatic heterocycles. The van der Waals surface area contributed by atoms with Crippen molar-refractivity contribution in [1.82, 2.24) is 2.78 Å². The molecule has 3 aromatic carbocycles. The molecule has 0 bridgehead atoms. The molecule has 0 fully saturated rings. The summed E-state index contributed by atoms with van der Waals surface area (Å²) in [7, 11) is 0. The Hall–Kier alpha value is -1.08. The minimum absolute atomic E-state index is 1.32. The predicted molar refractivity (Wildman–Crippen MR) is 113 cm³/mol. The summed E-state index contributed by atoms with van der Waals surface area (Å²) in [6.45, 7) is 0. The van der Waals surface area contributed by atoms with E-state index in [0.717, 1.165) is 0 Å². The molecule has 4 aromatic rings. The van der Waals surface area contributed by atoms with Crippen molar-refractivity contribution >= 4 is 64.5 Å². The van der Waals surface area contributed by atoms with Crippen molar-refractivity contribution in [3.05, 3.63) is 79.9 Å². The van der Waals surface area contributed by atoms with Crippen molar-refractivity contribution in [1.29, 1.82) is 0 Å². The number of halogens is 2. The van der Waals surface area contributed by atoms with E-state index in [-0.39, 0.29) is 0 Å². The molecule has 0 saturated carbocycles. The van der Waals surface area contributed by atoms with Crippen molar-refractivity contribution in [3.63, 3.8) is 0 Å². The molecule has 1 nitrogen and oxygen atoms in total. The molecule has 0 atom stereocenters. The van der Waals surface area contributed by atoms with E-state index >= 15 is 0 Å². The van der Waals surface area contributed by atoms with Gasteiger partial charge in [0.25, 0.3) is 0 Å². The van der Waals surface area contributed by atoms with Gasteiger partial charge in [-0.05, 0) is 0 Å². The number of rotatable bonds is 2. The first kappa shape index (κ1) is 14.5. The van der Waals surface area contributed by atoms with Crippen LogP contribution in [0.4, 0.5) is 0 Å².